The highest BCUT2D eigenvalue weighted by Crippen LogP contribution is 2.17. The molecule has 1 aromatic carbocycles. The van der Waals surface area contributed by atoms with Crippen LogP contribution in [-0.2, 0) is 10.0 Å². The number of aromatic amines is 1. The summed E-state index contributed by atoms with van der Waals surface area (Å²) in [4.78, 5) is 10.4. The van der Waals surface area contributed by atoms with Crippen LogP contribution in [0.4, 0.5) is 10.3 Å². The van der Waals surface area contributed by atoms with Gasteiger partial charge in [-0.15, -0.1) is 0 Å². The van der Waals surface area contributed by atoms with E-state index < -0.39 is 20.9 Å². The standard InChI is InChI=1S/C12H9FN4O2S/c13-8-4-3-7-14-11(8)20(18,19)17-12-15-9-5-1-2-6-10(9)16-12/h1-7H,(H2,15,16,17). The van der Waals surface area contributed by atoms with Gasteiger partial charge in [-0.1, -0.05) is 12.1 Å². The van der Waals surface area contributed by atoms with Gasteiger partial charge < -0.3 is 4.98 Å². The number of anilines is 1. The number of fused-ring (bicyclic) bond motifs is 1. The van der Waals surface area contributed by atoms with Gasteiger partial charge >= 0.3 is 0 Å². The maximum atomic E-state index is 13.5. The monoisotopic (exact) mass is 292 g/mol. The lowest BCUT2D eigenvalue weighted by atomic mass is 10.3. The fourth-order valence-electron chi connectivity index (χ4n) is 1.75. The summed E-state index contributed by atoms with van der Waals surface area (Å²) >= 11 is 0. The Morgan fingerprint density at radius 3 is 2.70 bits per heavy atom. The molecule has 2 heterocycles. The van der Waals surface area contributed by atoms with Gasteiger partial charge in [0.1, 0.15) is 0 Å². The summed E-state index contributed by atoms with van der Waals surface area (Å²) in [5.41, 5.74) is 1.28. The van der Waals surface area contributed by atoms with Crippen molar-refractivity contribution < 1.29 is 12.8 Å². The van der Waals surface area contributed by atoms with Crippen LogP contribution in [0, 0.1) is 5.82 Å². The van der Waals surface area contributed by atoms with Gasteiger partial charge in [-0.25, -0.2) is 19.1 Å². The lowest BCUT2D eigenvalue weighted by molar-refractivity contribution is 0.556. The Morgan fingerprint density at radius 1 is 1.15 bits per heavy atom. The maximum Gasteiger partial charge on any atom is 0.284 e. The smallest absolute Gasteiger partial charge is 0.284 e. The second kappa shape index (κ2) is 4.57. The molecule has 0 radical (unpaired) electrons. The highest BCUT2D eigenvalue weighted by molar-refractivity contribution is 7.92. The van der Waals surface area contributed by atoms with E-state index >= 15 is 0 Å². The molecule has 0 aliphatic rings. The van der Waals surface area contributed by atoms with Crippen LogP contribution in [0.5, 0.6) is 0 Å². The van der Waals surface area contributed by atoms with Crippen molar-refractivity contribution in [3.05, 3.63) is 48.4 Å². The zero-order valence-electron chi connectivity index (χ0n) is 10.0. The number of imidazole rings is 1. The van der Waals surface area contributed by atoms with Gasteiger partial charge in [-0.2, -0.15) is 8.42 Å². The molecule has 20 heavy (non-hydrogen) atoms. The molecule has 0 saturated carbocycles. The van der Waals surface area contributed by atoms with E-state index in [-0.39, 0.29) is 5.95 Å². The predicted molar refractivity (Wildman–Crippen MR) is 71.1 cm³/mol. The average Bonchev–Trinajstić information content (AvgIpc) is 2.80. The number of halogens is 1. The fourth-order valence-corrected chi connectivity index (χ4v) is 2.72. The van der Waals surface area contributed by atoms with E-state index in [4.69, 9.17) is 0 Å². The third-order valence-corrected chi connectivity index (χ3v) is 3.87. The number of rotatable bonds is 3. The van der Waals surface area contributed by atoms with Crippen LogP contribution in [0.1, 0.15) is 0 Å². The number of nitrogens with zero attached hydrogens (tertiary/aromatic N) is 2. The third-order valence-electron chi connectivity index (χ3n) is 2.60. The van der Waals surface area contributed by atoms with Gasteiger partial charge in [0, 0.05) is 6.20 Å². The Hall–Kier alpha value is -2.48. The van der Waals surface area contributed by atoms with E-state index in [1.807, 2.05) is 0 Å². The van der Waals surface area contributed by atoms with Crippen LogP contribution in [0.25, 0.3) is 11.0 Å². The first-order chi connectivity index (χ1) is 9.56. The molecular formula is C12H9FN4O2S. The molecule has 0 fully saturated rings. The first kappa shape index (κ1) is 12.5. The highest BCUT2D eigenvalue weighted by Gasteiger charge is 2.21. The Morgan fingerprint density at radius 2 is 1.95 bits per heavy atom. The molecule has 0 unspecified atom stereocenters. The highest BCUT2D eigenvalue weighted by atomic mass is 32.2. The van der Waals surface area contributed by atoms with Crippen molar-refractivity contribution in [2.24, 2.45) is 0 Å². The molecule has 2 N–H and O–H groups in total. The van der Waals surface area contributed by atoms with Crippen molar-refractivity contribution in [2.75, 3.05) is 4.72 Å². The maximum absolute atomic E-state index is 13.5. The molecular weight excluding hydrogens is 283 g/mol. The summed E-state index contributed by atoms with van der Waals surface area (Å²) in [5.74, 6) is -0.910. The number of sulfonamides is 1. The Kier molecular flexibility index (Phi) is 2.87. The minimum absolute atomic E-state index is 0.0104. The van der Waals surface area contributed by atoms with Gasteiger partial charge in [-0.05, 0) is 24.3 Å². The molecule has 8 heteroatoms. The van der Waals surface area contributed by atoms with E-state index in [0.29, 0.717) is 11.0 Å². The third kappa shape index (κ3) is 2.21. The zero-order chi connectivity index (χ0) is 14.2. The predicted octanol–water partition coefficient (Wildman–Crippen LogP) is 1.90. The van der Waals surface area contributed by atoms with Crippen molar-refractivity contribution in [1.29, 1.82) is 0 Å². The molecule has 0 saturated heterocycles. The van der Waals surface area contributed by atoms with E-state index in [0.717, 1.165) is 6.07 Å². The second-order valence-electron chi connectivity index (χ2n) is 4.00. The molecule has 0 atom stereocenters. The summed E-state index contributed by atoms with van der Waals surface area (Å²) < 4.78 is 39.7. The molecule has 102 valence electrons. The summed E-state index contributed by atoms with van der Waals surface area (Å²) in [6.07, 6.45) is 1.20. The van der Waals surface area contributed by atoms with E-state index in [2.05, 4.69) is 19.7 Å². The number of H-pyrrole nitrogens is 1. The molecule has 3 rings (SSSR count). The molecule has 0 aliphatic heterocycles. The van der Waals surface area contributed by atoms with Crippen LogP contribution in [-0.4, -0.2) is 23.4 Å². The van der Waals surface area contributed by atoms with Crippen molar-refractivity contribution in [1.82, 2.24) is 15.0 Å². The number of aromatic nitrogens is 3. The number of nitrogens with one attached hydrogen (secondary N) is 2. The molecule has 0 amide bonds. The first-order valence-corrected chi connectivity index (χ1v) is 7.13. The van der Waals surface area contributed by atoms with Gasteiger partial charge in [0.05, 0.1) is 11.0 Å². The van der Waals surface area contributed by atoms with Crippen LogP contribution in [0.3, 0.4) is 0 Å². The van der Waals surface area contributed by atoms with E-state index in [1.165, 1.54) is 12.3 Å². The van der Waals surface area contributed by atoms with Crippen molar-refractivity contribution in [3.8, 4) is 0 Å². The Balaban J connectivity index is 1.99. The minimum atomic E-state index is -4.12. The SMILES string of the molecule is O=S(=O)(Nc1nc2ccccc2[nH]1)c1ncccc1F. The number of pyridine rings is 1. The number of hydrogen-bond donors (Lipinski definition) is 2. The quantitative estimate of drug-likeness (QED) is 0.771. The average molecular weight is 292 g/mol. The minimum Gasteiger partial charge on any atom is -0.323 e. The van der Waals surface area contributed by atoms with Crippen LogP contribution < -0.4 is 4.72 Å². The first-order valence-electron chi connectivity index (χ1n) is 5.64. The van der Waals surface area contributed by atoms with Crippen molar-refractivity contribution in [3.63, 3.8) is 0 Å². The molecule has 6 nitrogen and oxygen atoms in total. The Labute approximate surface area is 113 Å². The summed E-state index contributed by atoms with van der Waals surface area (Å²) in [7, 11) is -4.12. The Bertz CT molecular complexity index is 843. The molecule has 0 spiro atoms. The molecule has 0 bridgehead atoms. The van der Waals surface area contributed by atoms with Crippen LogP contribution in [0.15, 0.2) is 47.6 Å². The number of para-hydroxylation sites is 2. The van der Waals surface area contributed by atoms with Crippen molar-refractivity contribution in [2.45, 2.75) is 5.03 Å². The summed E-state index contributed by atoms with van der Waals surface area (Å²) in [6.45, 7) is 0. The van der Waals surface area contributed by atoms with Gasteiger partial charge in [0.25, 0.3) is 10.0 Å². The lowest BCUT2D eigenvalue weighted by Crippen LogP contribution is -2.16. The molecule has 0 aliphatic carbocycles. The van der Waals surface area contributed by atoms with Crippen LogP contribution >= 0.6 is 0 Å². The van der Waals surface area contributed by atoms with Gasteiger partial charge in [0.15, 0.2) is 5.82 Å². The van der Waals surface area contributed by atoms with E-state index in [1.54, 1.807) is 24.3 Å². The zero-order valence-corrected chi connectivity index (χ0v) is 10.9. The van der Waals surface area contributed by atoms with Gasteiger partial charge in [0.2, 0.25) is 11.0 Å². The molecule has 3 aromatic rings. The van der Waals surface area contributed by atoms with Crippen molar-refractivity contribution >= 4 is 27.0 Å². The summed E-state index contributed by atoms with van der Waals surface area (Å²) in [6, 6.07) is 9.39. The summed E-state index contributed by atoms with van der Waals surface area (Å²) in [5, 5.41) is -0.666. The second-order valence-corrected chi connectivity index (χ2v) is 5.60. The van der Waals surface area contributed by atoms with Crippen LogP contribution in [0.2, 0.25) is 0 Å². The van der Waals surface area contributed by atoms with E-state index in [9.17, 15) is 12.8 Å². The molecule has 2 aromatic heterocycles. The lowest BCUT2D eigenvalue weighted by Gasteiger charge is -2.04. The van der Waals surface area contributed by atoms with Gasteiger partial charge in [-0.3, -0.25) is 0 Å². The fraction of sp³-hybridized carbons (Fsp3) is 0. The number of benzene rings is 1. The largest absolute Gasteiger partial charge is 0.323 e. The number of hydrogen-bond acceptors (Lipinski definition) is 4. The normalized spacial score (nSPS) is 11.7. The topological polar surface area (TPSA) is 87.7 Å².